The quantitative estimate of drug-likeness (QED) is 0.725. The molecule has 0 aromatic heterocycles. The lowest BCUT2D eigenvalue weighted by atomic mass is 9.98. The molecule has 2 N–H and O–H groups in total. The Balaban J connectivity index is 1.54. The Morgan fingerprint density at radius 2 is 2.05 bits per heavy atom. The third-order valence-corrected chi connectivity index (χ3v) is 4.60. The Morgan fingerprint density at radius 1 is 1.29 bits per heavy atom. The van der Waals surface area contributed by atoms with Crippen molar-refractivity contribution in [3.63, 3.8) is 0 Å². The second-order valence-corrected chi connectivity index (χ2v) is 6.08. The molecule has 0 aromatic rings. The van der Waals surface area contributed by atoms with Crippen LogP contribution in [0.3, 0.4) is 0 Å². The fraction of sp³-hybridized carbons (Fsp3) is 0.786. The minimum Gasteiger partial charge on any atom is -0.354 e. The number of nitrogens with zero attached hydrogens (tertiary/aromatic N) is 3. The van der Waals surface area contributed by atoms with Crippen molar-refractivity contribution in [3.05, 3.63) is 0 Å². The van der Waals surface area contributed by atoms with Gasteiger partial charge < -0.3 is 15.5 Å². The summed E-state index contributed by atoms with van der Waals surface area (Å²) in [6.07, 6.45) is 4.64. The van der Waals surface area contributed by atoms with Gasteiger partial charge in [-0.25, -0.2) is 4.79 Å². The molecule has 3 rings (SSSR count). The van der Waals surface area contributed by atoms with Gasteiger partial charge in [-0.05, 0) is 19.3 Å². The predicted molar refractivity (Wildman–Crippen MR) is 79.0 cm³/mol. The molecule has 0 atom stereocenters. The summed E-state index contributed by atoms with van der Waals surface area (Å²) in [6.45, 7) is 2.74. The number of carbonyl (C=O) groups is 2. The summed E-state index contributed by atoms with van der Waals surface area (Å²) < 4.78 is 0. The number of guanidine groups is 1. The fourth-order valence-corrected chi connectivity index (χ4v) is 3.39. The van der Waals surface area contributed by atoms with Gasteiger partial charge >= 0.3 is 6.03 Å². The number of amides is 3. The van der Waals surface area contributed by atoms with Gasteiger partial charge in [0.15, 0.2) is 5.96 Å². The van der Waals surface area contributed by atoms with E-state index < -0.39 is 5.54 Å². The van der Waals surface area contributed by atoms with Crippen molar-refractivity contribution in [2.24, 2.45) is 4.99 Å². The zero-order chi connectivity index (χ0) is 14.9. The molecule has 7 nitrogen and oxygen atoms in total. The molecule has 0 unspecified atom stereocenters. The van der Waals surface area contributed by atoms with E-state index in [2.05, 4.69) is 20.5 Å². The molecule has 21 heavy (non-hydrogen) atoms. The highest BCUT2D eigenvalue weighted by Gasteiger charge is 2.52. The van der Waals surface area contributed by atoms with Crippen molar-refractivity contribution in [1.82, 2.24) is 20.4 Å². The van der Waals surface area contributed by atoms with E-state index in [1.165, 1.54) is 4.90 Å². The normalized spacial score (nSPS) is 24.5. The van der Waals surface area contributed by atoms with Gasteiger partial charge in [0.25, 0.3) is 5.91 Å². The highest BCUT2D eigenvalue weighted by molar-refractivity contribution is 6.07. The summed E-state index contributed by atoms with van der Waals surface area (Å²) in [5, 5.41) is 6.12. The molecule has 1 aliphatic carbocycles. The lowest BCUT2D eigenvalue weighted by molar-refractivity contribution is -0.131. The highest BCUT2D eigenvalue weighted by Crippen LogP contribution is 2.34. The number of hydrogen-bond donors (Lipinski definition) is 2. The lowest BCUT2D eigenvalue weighted by Gasteiger charge is -2.26. The van der Waals surface area contributed by atoms with Crippen molar-refractivity contribution in [3.8, 4) is 0 Å². The number of carbonyl (C=O) groups excluding carboxylic acids is 2. The van der Waals surface area contributed by atoms with Crippen molar-refractivity contribution in [2.75, 3.05) is 33.2 Å². The Labute approximate surface area is 124 Å². The molecule has 1 saturated carbocycles. The van der Waals surface area contributed by atoms with E-state index in [1.807, 2.05) is 7.05 Å². The number of imide groups is 1. The molecular weight excluding hydrogens is 270 g/mol. The lowest BCUT2D eigenvalue weighted by Crippen LogP contribution is -2.46. The predicted octanol–water partition coefficient (Wildman–Crippen LogP) is 0.132. The molecule has 2 fully saturated rings. The first kappa shape index (κ1) is 14.2. The maximum absolute atomic E-state index is 12.5. The zero-order valence-corrected chi connectivity index (χ0v) is 12.5. The van der Waals surface area contributed by atoms with Crippen molar-refractivity contribution in [2.45, 2.75) is 37.6 Å². The summed E-state index contributed by atoms with van der Waals surface area (Å²) >= 11 is 0. The molecule has 116 valence electrons. The van der Waals surface area contributed by atoms with Crippen LogP contribution in [0.4, 0.5) is 4.79 Å². The monoisotopic (exact) mass is 293 g/mol. The minimum atomic E-state index is -0.601. The van der Waals surface area contributed by atoms with E-state index in [9.17, 15) is 9.59 Å². The molecule has 2 heterocycles. The maximum atomic E-state index is 12.5. The number of rotatable bonds is 3. The molecule has 2 aliphatic heterocycles. The highest BCUT2D eigenvalue weighted by atomic mass is 16.2. The van der Waals surface area contributed by atoms with E-state index in [-0.39, 0.29) is 11.9 Å². The van der Waals surface area contributed by atoms with Crippen molar-refractivity contribution >= 4 is 17.9 Å². The van der Waals surface area contributed by atoms with Gasteiger partial charge in [-0.3, -0.25) is 14.7 Å². The number of urea groups is 1. The van der Waals surface area contributed by atoms with Gasteiger partial charge in [-0.1, -0.05) is 12.8 Å². The maximum Gasteiger partial charge on any atom is 0.325 e. The summed E-state index contributed by atoms with van der Waals surface area (Å²) in [5.74, 6) is 0.801. The van der Waals surface area contributed by atoms with Crippen LogP contribution in [0.5, 0.6) is 0 Å². The number of nitrogens with one attached hydrogen (secondary N) is 2. The number of hydrogen-bond acceptors (Lipinski definition) is 5. The molecule has 3 amide bonds. The first-order chi connectivity index (χ1) is 10.1. The van der Waals surface area contributed by atoms with Gasteiger partial charge in [-0.2, -0.15) is 0 Å². The summed E-state index contributed by atoms with van der Waals surface area (Å²) in [7, 11) is 1.99. The molecule has 3 aliphatic rings. The molecular formula is C14H23N5O2. The third-order valence-electron chi connectivity index (χ3n) is 4.60. The Kier molecular flexibility index (Phi) is 3.73. The second kappa shape index (κ2) is 5.54. The Bertz CT molecular complexity index is 470. The molecule has 0 aromatic carbocycles. The Hall–Kier alpha value is -1.79. The van der Waals surface area contributed by atoms with Gasteiger partial charge in [0.1, 0.15) is 5.54 Å². The molecule has 0 bridgehead atoms. The topological polar surface area (TPSA) is 77.0 Å². The second-order valence-electron chi connectivity index (χ2n) is 6.08. The molecule has 1 spiro atoms. The minimum absolute atomic E-state index is 0.0502. The summed E-state index contributed by atoms with van der Waals surface area (Å²) in [4.78, 5) is 32.3. The van der Waals surface area contributed by atoms with Crippen LogP contribution in [-0.4, -0.2) is 66.5 Å². The largest absolute Gasteiger partial charge is 0.354 e. The van der Waals surface area contributed by atoms with E-state index in [0.717, 1.165) is 51.2 Å². The zero-order valence-electron chi connectivity index (χ0n) is 12.5. The summed E-state index contributed by atoms with van der Waals surface area (Å²) in [5.41, 5.74) is -0.601. The average Bonchev–Trinajstić information content (AvgIpc) is 3.02. The SMILES string of the molecule is CN1CCCN=C1NCCN1C(=O)NC2(CCCC2)C1=O. The van der Waals surface area contributed by atoms with Crippen LogP contribution in [0, 0.1) is 0 Å². The van der Waals surface area contributed by atoms with Gasteiger partial charge in [0.2, 0.25) is 0 Å². The molecule has 1 saturated heterocycles. The van der Waals surface area contributed by atoms with Crippen molar-refractivity contribution < 1.29 is 9.59 Å². The van der Waals surface area contributed by atoms with Crippen LogP contribution >= 0.6 is 0 Å². The first-order valence-corrected chi connectivity index (χ1v) is 7.76. The van der Waals surface area contributed by atoms with Crippen LogP contribution in [0.2, 0.25) is 0 Å². The van der Waals surface area contributed by atoms with Crippen LogP contribution in [0.15, 0.2) is 4.99 Å². The third kappa shape index (κ3) is 2.56. The van der Waals surface area contributed by atoms with Crippen LogP contribution in [0.1, 0.15) is 32.1 Å². The standard InChI is InChI=1S/C14H23N5O2/c1-18-9-4-7-15-12(18)16-8-10-19-11(20)14(17-13(19)21)5-2-3-6-14/h2-10H2,1H3,(H,15,16)(H,17,21). The molecule has 7 heteroatoms. The van der Waals surface area contributed by atoms with Crippen LogP contribution < -0.4 is 10.6 Å². The van der Waals surface area contributed by atoms with E-state index in [1.54, 1.807) is 0 Å². The van der Waals surface area contributed by atoms with Crippen molar-refractivity contribution in [1.29, 1.82) is 0 Å². The summed E-state index contributed by atoms with van der Waals surface area (Å²) in [6, 6.07) is -0.248. The average molecular weight is 293 g/mol. The van der Waals surface area contributed by atoms with E-state index in [0.29, 0.717) is 13.1 Å². The van der Waals surface area contributed by atoms with E-state index >= 15 is 0 Å². The first-order valence-electron chi connectivity index (χ1n) is 7.76. The van der Waals surface area contributed by atoms with Gasteiger partial charge in [0, 0.05) is 33.2 Å². The van der Waals surface area contributed by atoms with E-state index in [4.69, 9.17) is 0 Å². The smallest absolute Gasteiger partial charge is 0.325 e. The fourth-order valence-electron chi connectivity index (χ4n) is 3.39. The molecule has 0 radical (unpaired) electrons. The van der Waals surface area contributed by atoms with Gasteiger partial charge in [-0.15, -0.1) is 0 Å². The number of aliphatic imine (C=N–C) groups is 1. The van der Waals surface area contributed by atoms with Gasteiger partial charge in [0.05, 0.1) is 0 Å². The van der Waals surface area contributed by atoms with Crippen LogP contribution in [0.25, 0.3) is 0 Å². The van der Waals surface area contributed by atoms with Crippen LogP contribution in [-0.2, 0) is 4.79 Å². The Morgan fingerprint density at radius 3 is 2.76 bits per heavy atom.